The van der Waals surface area contributed by atoms with Gasteiger partial charge in [0.2, 0.25) is 0 Å². The molecular formula is C74H144Br4N4O8. The first-order valence-corrected chi connectivity index (χ1v) is 37.0. The molecule has 536 valence electrons. The molecule has 0 aromatic carbocycles. The van der Waals surface area contributed by atoms with E-state index in [1.807, 2.05) is 0 Å². The van der Waals surface area contributed by atoms with Gasteiger partial charge in [-0.1, -0.05) is 233 Å². The van der Waals surface area contributed by atoms with E-state index in [2.05, 4.69) is 84.1 Å². The van der Waals surface area contributed by atoms with Gasteiger partial charge in [-0.15, -0.1) is 0 Å². The van der Waals surface area contributed by atoms with Crippen molar-refractivity contribution in [1.82, 2.24) is 0 Å². The monoisotopic (exact) mass is 1530 g/mol. The van der Waals surface area contributed by atoms with Crippen molar-refractivity contribution >= 4 is 23.9 Å². The van der Waals surface area contributed by atoms with Gasteiger partial charge in [-0.25, -0.2) is 19.2 Å². The molecule has 4 rings (SSSR count). The lowest BCUT2D eigenvalue weighted by Crippen LogP contribution is -3.00. The smallest absolute Gasteiger partial charge is 0.362 e. The zero-order valence-corrected chi connectivity index (χ0v) is 67.1. The molecular weight excluding hydrogens is 1390 g/mol. The lowest BCUT2D eigenvalue weighted by molar-refractivity contribution is -0.883. The zero-order valence-electron chi connectivity index (χ0n) is 60.8. The quantitative estimate of drug-likeness (QED) is 0.0341. The van der Waals surface area contributed by atoms with Crippen molar-refractivity contribution in [2.45, 2.75) is 345 Å². The number of rotatable bonds is 56. The molecule has 90 heavy (non-hydrogen) atoms. The minimum atomic E-state index is -1.18. The van der Waals surface area contributed by atoms with Crippen LogP contribution < -0.4 is 67.9 Å². The fourth-order valence-corrected chi connectivity index (χ4v) is 15.6. The zero-order chi connectivity index (χ0) is 63.3. The Morgan fingerprint density at radius 1 is 0.233 bits per heavy atom. The van der Waals surface area contributed by atoms with Crippen LogP contribution in [0.5, 0.6) is 0 Å². The van der Waals surface area contributed by atoms with Gasteiger partial charge in [0.15, 0.2) is 26.2 Å². The van der Waals surface area contributed by atoms with E-state index in [0.717, 1.165) is 77.5 Å². The number of carbonyl (C=O) groups is 4. The highest BCUT2D eigenvalue weighted by atomic mass is 79.9. The summed E-state index contributed by atoms with van der Waals surface area (Å²) in [6.07, 6.45) is 51.9. The summed E-state index contributed by atoms with van der Waals surface area (Å²) in [5, 5.41) is 0. The van der Waals surface area contributed by atoms with Gasteiger partial charge >= 0.3 is 23.9 Å². The van der Waals surface area contributed by atoms with E-state index in [1.165, 1.54) is 205 Å². The Hall–Kier alpha value is -0.360. The minimum absolute atomic E-state index is 0. The van der Waals surface area contributed by atoms with Crippen LogP contribution in [0.2, 0.25) is 0 Å². The maximum absolute atomic E-state index is 14.7. The standard InChI is InChI=1S/C74H144N4O8.4BrH/c1-13-17-21-25-29-33-37-41-45-49-53-75(5,6)57-67(79)83-71-61-72(84-68(80)58-76(7,8)54-50-46-42-38-34-30-26-22-18-14-2)64-73(62-71,85-69(81)59-77(9,10)55-51-47-43-39-35-31-27-23-19-15-3)66-74(63-71,65-72)86-70(82)60-78(11,12)56-52-48-44-40-36-32-28-24-20-16-4;;;;/h13-66H2,1-12H3;4*1H/q+4;;;;/p-4. The van der Waals surface area contributed by atoms with Gasteiger partial charge in [-0.05, 0) is 51.4 Å². The molecule has 4 aliphatic rings. The largest absolute Gasteiger partial charge is 1.00 e. The molecule has 0 aliphatic heterocycles. The summed E-state index contributed by atoms with van der Waals surface area (Å²) in [4.78, 5) is 58.8. The number of hydrogen-bond acceptors (Lipinski definition) is 8. The van der Waals surface area contributed by atoms with Gasteiger partial charge < -0.3 is 105 Å². The molecule has 0 saturated heterocycles. The molecule has 0 aromatic heterocycles. The van der Waals surface area contributed by atoms with Crippen molar-refractivity contribution in [2.24, 2.45) is 0 Å². The van der Waals surface area contributed by atoms with E-state index in [1.54, 1.807) is 0 Å². The van der Waals surface area contributed by atoms with Crippen LogP contribution >= 0.6 is 0 Å². The summed E-state index contributed by atoms with van der Waals surface area (Å²) in [6.45, 7) is 13.2. The molecule has 4 aliphatic carbocycles. The highest BCUT2D eigenvalue weighted by Crippen LogP contribution is 2.65. The predicted octanol–water partition coefficient (Wildman–Crippen LogP) is 5.50. The number of carbonyl (C=O) groups excluding carboxylic acids is 4. The van der Waals surface area contributed by atoms with Crippen LogP contribution in [0, 0.1) is 0 Å². The van der Waals surface area contributed by atoms with Crippen molar-refractivity contribution in [3.05, 3.63) is 0 Å². The molecule has 16 heteroatoms. The van der Waals surface area contributed by atoms with Gasteiger partial charge in [0, 0.05) is 38.5 Å². The number of hydrogen-bond donors (Lipinski definition) is 0. The van der Waals surface area contributed by atoms with Gasteiger partial charge in [-0.3, -0.25) is 0 Å². The summed E-state index contributed by atoms with van der Waals surface area (Å²) < 4.78 is 29.7. The lowest BCUT2D eigenvalue weighted by atomic mass is 9.48. The summed E-state index contributed by atoms with van der Waals surface area (Å²) in [7, 11) is 16.9. The highest BCUT2D eigenvalue weighted by Gasteiger charge is 2.75. The van der Waals surface area contributed by atoms with Crippen molar-refractivity contribution in [2.75, 3.05) is 109 Å². The van der Waals surface area contributed by atoms with Gasteiger partial charge in [0.25, 0.3) is 0 Å². The first kappa shape index (κ1) is 91.7. The third kappa shape index (κ3) is 40.4. The van der Waals surface area contributed by atoms with Crippen molar-refractivity contribution in [1.29, 1.82) is 0 Å². The summed E-state index contributed by atoms with van der Waals surface area (Å²) in [5.74, 6) is -1.25. The minimum Gasteiger partial charge on any atom is -1.00 e. The first-order valence-electron chi connectivity index (χ1n) is 37.0. The molecule has 0 N–H and O–H groups in total. The molecule has 0 atom stereocenters. The van der Waals surface area contributed by atoms with Crippen LogP contribution in [0.25, 0.3) is 0 Å². The number of nitrogens with zero attached hydrogens (tertiary/aromatic N) is 4. The van der Waals surface area contributed by atoms with Gasteiger partial charge in [0.1, 0.15) is 22.4 Å². The molecule has 0 heterocycles. The van der Waals surface area contributed by atoms with E-state index in [4.69, 9.17) is 18.9 Å². The molecule has 0 amide bonds. The van der Waals surface area contributed by atoms with Crippen molar-refractivity contribution in [3.8, 4) is 0 Å². The van der Waals surface area contributed by atoms with Crippen molar-refractivity contribution in [3.63, 3.8) is 0 Å². The third-order valence-corrected chi connectivity index (χ3v) is 19.9. The Bertz CT molecular complexity index is 1580. The Balaban J connectivity index is 0. The Labute approximate surface area is 597 Å². The molecule has 4 fully saturated rings. The molecule has 4 bridgehead atoms. The number of likely N-dealkylation sites (N-methyl/N-ethyl adjacent to an activating group) is 4. The average Bonchev–Trinajstić information content (AvgIpc) is 0.689. The van der Waals surface area contributed by atoms with Gasteiger partial charge in [-0.2, -0.15) is 0 Å². The SMILES string of the molecule is CCCCCCCCCCCC[N+](C)(C)CC(=O)OC12CC3(OC(=O)C[N+](C)(C)CCCCCCCCCCCC)CC(OC(=O)C[N+](C)(C)CCCCCCCCCCCC)(C1)CC(OC(=O)C[N+](C)(C)CCCCCCCCCCCC)(C2)C3.[Br-].[Br-].[Br-].[Br-]. The molecule has 0 unspecified atom stereocenters. The number of halogens is 4. The van der Waals surface area contributed by atoms with Crippen LogP contribution in [0.4, 0.5) is 0 Å². The summed E-state index contributed by atoms with van der Waals surface area (Å²) >= 11 is 0. The number of quaternary nitrogens is 4. The molecule has 0 aromatic rings. The lowest BCUT2D eigenvalue weighted by Gasteiger charge is -2.66. The van der Waals surface area contributed by atoms with E-state index in [0.29, 0.717) is 17.9 Å². The highest BCUT2D eigenvalue weighted by molar-refractivity contribution is 5.74. The molecule has 0 spiro atoms. The number of unbranched alkanes of at least 4 members (excludes halogenated alkanes) is 36. The first-order chi connectivity index (χ1) is 40.9. The second kappa shape index (κ2) is 49.2. The predicted molar refractivity (Wildman–Crippen MR) is 358 cm³/mol. The fourth-order valence-electron chi connectivity index (χ4n) is 15.6. The maximum atomic E-state index is 14.7. The van der Waals surface area contributed by atoms with E-state index >= 15 is 0 Å². The molecule has 4 saturated carbocycles. The normalized spacial score (nSPS) is 20.3. The maximum Gasteiger partial charge on any atom is 0.362 e. The van der Waals surface area contributed by atoms with Crippen molar-refractivity contribution < 1.29 is 124 Å². The van der Waals surface area contributed by atoms with Crippen LogP contribution in [0.15, 0.2) is 0 Å². The summed E-state index contributed by atoms with van der Waals surface area (Å²) in [6, 6.07) is 0. The Kier molecular flexibility index (Phi) is 50.1. The fraction of sp³-hybridized carbons (Fsp3) is 0.946. The Morgan fingerprint density at radius 3 is 0.489 bits per heavy atom. The van der Waals surface area contributed by atoms with Crippen LogP contribution in [0.1, 0.15) is 323 Å². The topological polar surface area (TPSA) is 105 Å². The van der Waals surface area contributed by atoms with E-state index in [9.17, 15) is 19.2 Å². The van der Waals surface area contributed by atoms with Gasteiger partial charge in [0.05, 0.1) is 82.6 Å². The molecule has 0 radical (unpaired) electrons. The third-order valence-electron chi connectivity index (χ3n) is 19.9. The average molecular weight is 1540 g/mol. The number of ether oxygens (including phenoxy) is 4. The second-order valence-electron chi connectivity index (χ2n) is 31.7. The number of esters is 4. The van der Waals surface area contributed by atoms with Crippen LogP contribution in [0.3, 0.4) is 0 Å². The van der Waals surface area contributed by atoms with E-state index in [-0.39, 0.29) is 157 Å². The van der Waals surface area contributed by atoms with Crippen LogP contribution in [-0.2, 0) is 38.1 Å². The Morgan fingerprint density at radius 2 is 0.356 bits per heavy atom. The molecule has 12 nitrogen and oxygen atoms in total. The van der Waals surface area contributed by atoms with E-state index < -0.39 is 22.4 Å². The summed E-state index contributed by atoms with van der Waals surface area (Å²) in [5.41, 5.74) is -4.70. The van der Waals surface area contributed by atoms with Crippen LogP contribution in [-0.4, -0.2) is 173 Å². The second-order valence-corrected chi connectivity index (χ2v) is 31.7.